The van der Waals surface area contributed by atoms with E-state index in [1.54, 1.807) is 26.1 Å². The van der Waals surface area contributed by atoms with E-state index in [2.05, 4.69) is 4.90 Å². The molecule has 0 saturated heterocycles. The maximum absolute atomic E-state index is 11.9. The Hall–Kier alpha value is -1.59. The van der Waals surface area contributed by atoms with Crippen molar-refractivity contribution in [3.8, 4) is 5.75 Å². The van der Waals surface area contributed by atoms with Crippen LogP contribution in [-0.2, 0) is 4.79 Å². The Balaban J connectivity index is 2.87. The van der Waals surface area contributed by atoms with Crippen molar-refractivity contribution in [1.82, 2.24) is 9.80 Å². The van der Waals surface area contributed by atoms with Crippen molar-refractivity contribution in [2.75, 3.05) is 40.8 Å². The first kappa shape index (κ1) is 16.5. The minimum absolute atomic E-state index is 0.0369. The molecular formula is C15H25N3O2. The molecule has 1 aromatic rings. The molecule has 1 rings (SSSR count). The van der Waals surface area contributed by atoms with E-state index in [1.165, 1.54) is 0 Å². The Kier molecular flexibility index (Phi) is 6.48. The summed E-state index contributed by atoms with van der Waals surface area (Å²) in [6.45, 7) is 3.65. The van der Waals surface area contributed by atoms with Crippen molar-refractivity contribution in [2.45, 2.75) is 13.0 Å². The molecule has 0 spiro atoms. The lowest BCUT2D eigenvalue weighted by Gasteiger charge is -2.30. The SMILES string of the molecule is CCN(CC(=O)N(C)C)C(CN)c1ccc(OC)cc1. The Morgan fingerprint density at radius 1 is 1.30 bits per heavy atom. The summed E-state index contributed by atoms with van der Waals surface area (Å²) in [5, 5.41) is 0. The lowest BCUT2D eigenvalue weighted by Crippen LogP contribution is -2.41. The summed E-state index contributed by atoms with van der Waals surface area (Å²) in [5.74, 6) is 0.899. The van der Waals surface area contributed by atoms with E-state index < -0.39 is 0 Å². The van der Waals surface area contributed by atoms with Crippen molar-refractivity contribution >= 4 is 5.91 Å². The lowest BCUT2D eigenvalue weighted by molar-refractivity contribution is -0.130. The highest BCUT2D eigenvalue weighted by Crippen LogP contribution is 2.22. The number of nitrogens with two attached hydrogens (primary N) is 1. The molecule has 20 heavy (non-hydrogen) atoms. The molecule has 0 radical (unpaired) electrons. The van der Waals surface area contributed by atoms with Crippen molar-refractivity contribution in [3.05, 3.63) is 29.8 Å². The normalized spacial score (nSPS) is 12.3. The predicted octanol–water partition coefficient (Wildman–Crippen LogP) is 1.11. The molecule has 112 valence electrons. The van der Waals surface area contributed by atoms with Crippen molar-refractivity contribution in [3.63, 3.8) is 0 Å². The molecule has 2 N–H and O–H groups in total. The second kappa shape index (κ2) is 7.87. The van der Waals surface area contributed by atoms with Crippen LogP contribution in [0.3, 0.4) is 0 Å². The lowest BCUT2D eigenvalue weighted by atomic mass is 10.0. The summed E-state index contributed by atoms with van der Waals surface area (Å²) in [4.78, 5) is 15.6. The largest absolute Gasteiger partial charge is 0.497 e. The highest BCUT2D eigenvalue weighted by atomic mass is 16.5. The number of likely N-dealkylation sites (N-methyl/N-ethyl adjacent to an activating group) is 2. The van der Waals surface area contributed by atoms with Crippen LogP contribution in [0.5, 0.6) is 5.75 Å². The number of amides is 1. The second-order valence-corrected chi connectivity index (χ2v) is 4.88. The van der Waals surface area contributed by atoms with Gasteiger partial charge in [-0.3, -0.25) is 9.69 Å². The molecule has 0 fully saturated rings. The fraction of sp³-hybridized carbons (Fsp3) is 0.533. The Labute approximate surface area is 121 Å². The maximum atomic E-state index is 11.9. The van der Waals surface area contributed by atoms with Crippen LogP contribution in [0.2, 0.25) is 0 Å². The minimum atomic E-state index is 0.0369. The summed E-state index contributed by atoms with van der Waals surface area (Å²) in [6, 6.07) is 7.87. The highest BCUT2D eigenvalue weighted by Gasteiger charge is 2.20. The summed E-state index contributed by atoms with van der Waals surface area (Å²) in [5.41, 5.74) is 7.00. The maximum Gasteiger partial charge on any atom is 0.236 e. The number of hydrogen-bond donors (Lipinski definition) is 1. The fourth-order valence-electron chi connectivity index (χ4n) is 2.08. The average Bonchev–Trinajstić information content (AvgIpc) is 2.47. The van der Waals surface area contributed by atoms with Crippen LogP contribution in [0.25, 0.3) is 0 Å². The number of carbonyl (C=O) groups is 1. The van der Waals surface area contributed by atoms with Crippen LogP contribution >= 0.6 is 0 Å². The van der Waals surface area contributed by atoms with Crippen LogP contribution in [-0.4, -0.2) is 56.5 Å². The zero-order chi connectivity index (χ0) is 15.1. The van der Waals surface area contributed by atoms with Gasteiger partial charge in [0, 0.05) is 26.7 Å². The van der Waals surface area contributed by atoms with E-state index in [0.717, 1.165) is 17.9 Å². The van der Waals surface area contributed by atoms with E-state index in [1.807, 2.05) is 31.2 Å². The van der Waals surface area contributed by atoms with E-state index in [-0.39, 0.29) is 11.9 Å². The number of rotatable bonds is 7. The molecule has 0 saturated carbocycles. The van der Waals surface area contributed by atoms with Crippen molar-refractivity contribution < 1.29 is 9.53 Å². The monoisotopic (exact) mass is 279 g/mol. The standard InChI is InChI=1S/C15H25N3O2/c1-5-18(11-15(19)17(2)3)14(10-16)12-6-8-13(20-4)9-7-12/h6-9,14H,5,10-11,16H2,1-4H3. The number of hydrogen-bond acceptors (Lipinski definition) is 4. The number of carbonyl (C=O) groups excluding carboxylic acids is 1. The van der Waals surface area contributed by atoms with E-state index in [4.69, 9.17) is 10.5 Å². The first-order valence-corrected chi connectivity index (χ1v) is 6.81. The fourth-order valence-corrected chi connectivity index (χ4v) is 2.08. The van der Waals surface area contributed by atoms with E-state index >= 15 is 0 Å². The predicted molar refractivity (Wildman–Crippen MR) is 80.7 cm³/mol. The molecule has 0 bridgehead atoms. The van der Waals surface area contributed by atoms with Crippen LogP contribution in [0.4, 0.5) is 0 Å². The number of ether oxygens (including phenoxy) is 1. The summed E-state index contributed by atoms with van der Waals surface area (Å²) < 4.78 is 5.16. The van der Waals surface area contributed by atoms with Gasteiger partial charge in [-0.15, -0.1) is 0 Å². The summed E-state index contributed by atoms with van der Waals surface area (Å²) >= 11 is 0. The smallest absolute Gasteiger partial charge is 0.236 e. The zero-order valence-corrected chi connectivity index (χ0v) is 12.8. The van der Waals surface area contributed by atoms with Gasteiger partial charge in [-0.05, 0) is 24.2 Å². The second-order valence-electron chi connectivity index (χ2n) is 4.88. The third-order valence-corrected chi connectivity index (χ3v) is 3.41. The molecule has 0 heterocycles. The molecule has 5 heteroatoms. The molecule has 1 aromatic carbocycles. The third kappa shape index (κ3) is 4.21. The van der Waals surface area contributed by atoms with Gasteiger partial charge in [-0.25, -0.2) is 0 Å². The topological polar surface area (TPSA) is 58.8 Å². The van der Waals surface area contributed by atoms with Crippen LogP contribution in [0, 0.1) is 0 Å². The Morgan fingerprint density at radius 2 is 1.90 bits per heavy atom. The minimum Gasteiger partial charge on any atom is -0.497 e. The number of methoxy groups -OCH3 is 1. The van der Waals surface area contributed by atoms with Gasteiger partial charge in [0.1, 0.15) is 5.75 Å². The van der Waals surface area contributed by atoms with Gasteiger partial charge < -0.3 is 15.4 Å². The Bertz CT molecular complexity index is 418. The van der Waals surface area contributed by atoms with Gasteiger partial charge in [0.05, 0.1) is 13.7 Å². The molecule has 5 nitrogen and oxygen atoms in total. The number of nitrogens with zero attached hydrogens (tertiary/aromatic N) is 2. The first-order valence-electron chi connectivity index (χ1n) is 6.81. The summed E-state index contributed by atoms with van der Waals surface area (Å²) in [7, 11) is 5.17. The molecule has 0 aliphatic rings. The number of benzene rings is 1. The van der Waals surface area contributed by atoms with Gasteiger partial charge >= 0.3 is 0 Å². The van der Waals surface area contributed by atoms with E-state index in [9.17, 15) is 4.79 Å². The van der Waals surface area contributed by atoms with Gasteiger partial charge in [0.2, 0.25) is 5.91 Å². The molecule has 0 aliphatic heterocycles. The average molecular weight is 279 g/mol. The molecule has 1 unspecified atom stereocenters. The molecular weight excluding hydrogens is 254 g/mol. The van der Waals surface area contributed by atoms with Crippen LogP contribution in [0.1, 0.15) is 18.5 Å². The molecule has 1 atom stereocenters. The molecule has 0 aromatic heterocycles. The molecule has 0 aliphatic carbocycles. The van der Waals surface area contributed by atoms with Crippen LogP contribution in [0.15, 0.2) is 24.3 Å². The molecule has 1 amide bonds. The van der Waals surface area contributed by atoms with Gasteiger partial charge in [-0.1, -0.05) is 19.1 Å². The highest BCUT2D eigenvalue weighted by molar-refractivity contribution is 5.77. The van der Waals surface area contributed by atoms with Gasteiger partial charge in [0.25, 0.3) is 0 Å². The van der Waals surface area contributed by atoms with Gasteiger partial charge in [-0.2, -0.15) is 0 Å². The quantitative estimate of drug-likeness (QED) is 0.812. The van der Waals surface area contributed by atoms with Gasteiger partial charge in [0.15, 0.2) is 0 Å². The third-order valence-electron chi connectivity index (χ3n) is 3.41. The van der Waals surface area contributed by atoms with Crippen molar-refractivity contribution in [1.29, 1.82) is 0 Å². The Morgan fingerprint density at radius 3 is 2.30 bits per heavy atom. The summed E-state index contributed by atoms with van der Waals surface area (Å²) in [6.07, 6.45) is 0. The van der Waals surface area contributed by atoms with E-state index in [0.29, 0.717) is 13.1 Å². The first-order chi connectivity index (χ1) is 9.53. The zero-order valence-electron chi connectivity index (χ0n) is 12.8. The van der Waals surface area contributed by atoms with Crippen molar-refractivity contribution in [2.24, 2.45) is 5.73 Å². The van der Waals surface area contributed by atoms with Crippen LogP contribution < -0.4 is 10.5 Å².